The Bertz CT molecular complexity index is 918. The maximum Gasteiger partial charge on any atom is 0.251 e. The van der Waals surface area contributed by atoms with Crippen LogP contribution in [0.15, 0.2) is 48.5 Å². The van der Waals surface area contributed by atoms with Crippen molar-refractivity contribution >= 4 is 17.8 Å². The number of ether oxygens (including phenoxy) is 1. The zero-order valence-electron chi connectivity index (χ0n) is 20.6. The first-order chi connectivity index (χ1) is 16.5. The molecular weight excluding hydrogens is 426 g/mol. The van der Waals surface area contributed by atoms with Crippen LogP contribution in [0.1, 0.15) is 97.4 Å². The number of nitrogens with one attached hydrogen (secondary N) is 1. The summed E-state index contributed by atoms with van der Waals surface area (Å²) in [6, 6.07) is 11.7. The molecule has 34 heavy (non-hydrogen) atoms. The number of amides is 1. The molecule has 0 aliphatic carbocycles. The number of ketones is 1. The highest BCUT2D eigenvalue weighted by molar-refractivity contribution is 6.08. The lowest BCUT2D eigenvalue weighted by atomic mass is 10.1. The van der Waals surface area contributed by atoms with E-state index in [4.69, 9.17) is 4.74 Å². The number of hydrogen-bond donors (Lipinski definition) is 2. The molecule has 5 nitrogen and oxygen atoms in total. The molecule has 0 aliphatic heterocycles. The van der Waals surface area contributed by atoms with Crippen LogP contribution in [-0.4, -0.2) is 30.5 Å². The molecule has 0 radical (unpaired) electrons. The molecule has 0 aliphatic rings. The largest absolute Gasteiger partial charge is 0.507 e. The van der Waals surface area contributed by atoms with Crippen LogP contribution < -0.4 is 10.1 Å². The highest BCUT2D eigenvalue weighted by Crippen LogP contribution is 2.24. The lowest BCUT2D eigenvalue weighted by Gasteiger charge is -2.06. The number of benzene rings is 2. The van der Waals surface area contributed by atoms with Crippen LogP contribution in [-0.2, 0) is 0 Å². The smallest absolute Gasteiger partial charge is 0.251 e. The van der Waals surface area contributed by atoms with Crippen LogP contribution in [0.25, 0.3) is 6.08 Å². The second-order valence-electron chi connectivity index (χ2n) is 8.64. The maximum absolute atomic E-state index is 12.3. The van der Waals surface area contributed by atoms with Gasteiger partial charge in [-0.25, -0.2) is 0 Å². The first kappa shape index (κ1) is 27.2. The summed E-state index contributed by atoms with van der Waals surface area (Å²) in [4.78, 5) is 24.7. The summed E-state index contributed by atoms with van der Waals surface area (Å²) in [5.74, 6) is -0.0207. The molecule has 0 saturated heterocycles. The number of carbonyl (C=O) groups is 2. The van der Waals surface area contributed by atoms with Gasteiger partial charge in [0.05, 0.1) is 12.7 Å². The number of unbranched alkanes of at least 4 members (excludes halogenated alkanes) is 9. The third-order valence-electron chi connectivity index (χ3n) is 5.89. The molecule has 2 aromatic rings. The van der Waals surface area contributed by atoms with Gasteiger partial charge in [-0.1, -0.05) is 82.9 Å². The summed E-state index contributed by atoms with van der Waals surface area (Å²) in [5, 5.41) is 13.0. The van der Waals surface area contributed by atoms with Crippen LogP contribution in [0, 0.1) is 0 Å². The van der Waals surface area contributed by atoms with Gasteiger partial charge in [-0.15, -0.1) is 0 Å². The van der Waals surface area contributed by atoms with E-state index in [0.29, 0.717) is 17.9 Å². The van der Waals surface area contributed by atoms with Gasteiger partial charge in [0, 0.05) is 18.2 Å². The molecule has 0 heterocycles. The molecule has 0 atom stereocenters. The maximum atomic E-state index is 12.3. The zero-order valence-corrected chi connectivity index (χ0v) is 20.6. The predicted molar refractivity (Wildman–Crippen MR) is 139 cm³/mol. The minimum atomic E-state index is -0.307. The van der Waals surface area contributed by atoms with E-state index in [2.05, 4.69) is 12.2 Å². The molecule has 0 spiro atoms. The molecule has 2 rings (SSSR count). The lowest BCUT2D eigenvalue weighted by Crippen LogP contribution is -2.24. The highest BCUT2D eigenvalue weighted by atomic mass is 16.5. The summed E-state index contributed by atoms with van der Waals surface area (Å²) in [6.45, 7) is 2.94. The Balaban J connectivity index is 1.67. The Morgan fingerprint density at radius 1 is 0.882 bits per heavy atom. The molecule has 1 amide bonds. The number of hydrogen-bond acceptors (Lipinski definition) is 4. The first-order valence-electron chi connectivity index (χ1n) is 12.5. The number of carbonyl (C=O) groups excluding carboxylic acids is 2. The molecule has 0 saturated carbocycles. The van der Waals surface area contributed by atoms with E-state index >= 15 is 0 Å². The number of phenols is 1. The van der Waals surface area contributed by atoms with E-state index in [-0.39, 0.29) is 23.0 Å². The Labute approximate surface area is 204 Å². The minimum absolute atomic E-state index is 0.0781. The summed E-state index contributed by atoms with van der Waals surface area (Å²) < 4.78 is 5.03. The summed E-state index contributed by atoms with van der Waals surface area (Å²) in [7, 11) is 1.50. The second kappa shape index (κ2) is 15.7. The molecular formula is C29H39NO4. The third-order valence-corrected chi connectivity index (χ3v) is 5.89. The average Bonchev–Trinajstić information content (AvgIpc) is 2.85. The van der Waals surface area contributed by atoms with E-state index in [1.165, 1.54) is 76.7 Å². The molecule has 5 heteroatoms. The van der Waals surface area contributed by atoms with Crippen LogP contribution >= 0.6 is 0 Å². The van der Waals surface area contributed by atoms with Crippen molar-refractivity contribution in [3.8, 4) is 11.5 Å². The van der Waals surface area contributed by atoms with Crippen molar-refractivity contribution < 1.29 is 19.4 Å². The van der Waals surface area contributed by atoms with Gasteiger partial charge in [0.15, 0.2) is 5.78 Å². The fourth-order valence-electron chi connectivity index (χ4n) is 3.77. The topological polar surface area (TPSA) is 75.6 Å². The van der Waals surface area contributed by atoms with Crippen molar-refractivity contribution in [2.75, 3.05) is 13.7 Å². The van der Waals surface area contributed by atoms with Gasteiger partial charge in [-0.2, -0.15) is 0 Å². The van der Waals surface area contributed by atoms with Crippen LogP contribution in [0.5, 0.6) is 11.5 Å². The Kier molecular flexibility index (Phi) is 12.5. The zero-order chi connectivity index (χ0) is 24.6. The van der Waals surface area contributed by atoms with Crippen molar-refractivity contribution in [3.63, 3.8) is 0 Å². The van der Waals surface area contributed by atoms with Crippen molar-refractivity contribution in [1.82, 2.24) is 5.32 Å². The van der Waals surface area contributed by atoms with Gasteiger partial charge < -0.3 is 15.2 Å². The van der Waals surface area contributed by atoms with Crippen LogP contribution in [0.3, 0.4) is 0 Å². The van der Waals surface area contributed by atoms with E-state index in [0.717, 1.165) is 18.4 Å². The summed E-state index contributed by atoms with van der Waals surface area (Å²) in [6.07, 6.45) is 15.8. The van der Waals surface area contributed by atoms with Gasteiger partial charge >= 0.3 is 0 Å². The number of rotatable bonds is 16. The van der Waals surface area contributed by atoms with Crippen LogP contribution in [0.4, 0.5) is 0 Å². The van der Waals surface area contributed by atoms with E-state index in [1.807, 2.05) is 0 Å². The van der Waals surface area contributed by atoms with Gasteiger partial charge in [-0.05, 0) is 42.3 Å². The first-order valence-corrected chi connectivity index (χ1v) is 12.5. The summed E-state index contributed by atoms with van der Waals surface area (Å²) >= 11 is 0. The fourth-order valence-corrected chi connectivity index (χ4v) is 3.77. The third kappa shape index (κ3) is 9.82. The lowest BCUT2D eigenvalue weighted by molar-refractivity contribution is 0.0952. The minimum Gasteiger partial charge on any atom is -0.507 e. The monoisotopic (exact) mass is 465 g/mol. The molecule has 2 N–H and O–H groups in total. The molecule has 184 valence electrons. The number of aromatic hydroxyl groups is 1. The normalized spacial score (nSPS) is 11.0. The SMILES string of the molecule is CCCCCCCCCCCCNC(=O)c1ccc(/C=C/C(=O)c2ccc(OC)cc2O)cc1. The van der Waals surface area contributed by atoms with E-state index in [9.17, 15) is 14.7 Å². The number of phenolic OH excluding ortho intramolecular Hbond substituents is 1. The molecule has 0 bridgehead atoms. The Morgan fingerprint density at radius 3 is 2.09 bits per heavy atom. The fraction of sp³-hybridized carbons (Fsp3) is 0.448. The van der Waals surface area contributed by atoms with Crippen molar-refractivity contribution in [1.29, 1.82) is 0 Å². The van der Waals surface area contributed by atoms with Gasteiger partial charge in [0.2, 0.25) is 0 Å². The van der Waals surface area contributed by atoms with Gasteiger partial charge in [0.1, 0.15) is 11.5 Å². The quantitative estimate of drug-likeness (QED) is 0.160. The molecule has 0 fully saturated rings. The van der Waals surface area contributed by atoms with Crippen LogP contribution in [0.2, 0.25) is 0 Å². The van der Waals surface area contributed by atoms with Crippen molar-refractivity contribution in [2.24, 2.45) is 0 Å². The van der Waals surface area contributed by atoms with E-state index < -0.39 is 0 Å². The highest BCUT2D eigenvalue weighted by Gasteiger charge is 2.09. The number of allylic oxidation sites excluding steroid dienone is 1. The predicted octanol–water partition coefficient (Wildman–Crippen LogP) is 6.95. The van der Waals surface area contributed by atoms with Crippen molar-refractivity contribution in [3.05, 3.63) is 65.2 Å². The molecule has 0 unspecified atom stereocenters. The number of methoxy groups -OCH3 is 1. The summed E-state index contributed by atoms with van der Waals surface area (Å²) in [5.41, 5.74) is 1.61. The van der Waals surface area contributed by atoms with Crippen molar-refractivity contribution in [2.45, 2.75) is 71.1 Å². The standard InChI is InChI=1S/C29H39NO4/c1-3-4-5-6-7-8-9-10-11-12-21-30-29(33)24-16-13-23(14-17-24)15-20-27(31)26-19-18-25(34-2)22-28(26)32/h13-20,22,32H,3-12,21H2,1-2H3,(H,30,33)/b20-15+. The van der Waals surface area contributed by atoms with E-state index in [1.54, 1.807) is 36.4 Å². The van der Waals surface area contributed by atoms with Gasteiger partial charge in [-0.3, -0.25) is 9.59 Å². The molecule has 0 aromatic heterocycles. The second-order valence-corrected chi connectivity index (χ2v) is 8.64. The Morgan fingerprint density at radius 2 is 1.50 bits per heavy atom. The van der Waals surface area contributed by atoms with Gasteiger partial charge in [0.25, 0.3) is 5.91 Å². The Hall–Kier alpha value is -3.08. The molecule has 2 aromatic carbocycles. The average molecular weight is 466 g/mol.